The number of ether oxygens (including phenoxy) is 2. The third-order valence-corrected chi connectivity index (χ3v) is 5.36. The molecule has 0 aromatic heterocycles. The standard InChI is InChI=1S/C26H33ClO4/c1-9-30-24(29)21(26(6,7)8)20-15-18(25(3,4)5)13-16(2)22(20)31-23(28)17-11-10-12-19(27)14-17/h10-15,21H,9H2,1-8H3. The Morgan fingerprint density at radius 1 is 1.03 bits per heavy atom. The molecule has 0 saturated heterocycles. The second-order valence-corrected chi connectivity index (χ2v) is 10.3. The third kappa shape index (κ3) is 6.10. The van der Waals surface area contributed by atoms with Crippen molar-refractivity contribution in [3.8, 4) is 5.75 Å². The molecule has 0 aliphatic rings. The summed E-state index contributed by atoms with van der Waals surface area (Å²) in [6.07, 6.45) is 0. The van der Waals surface area contributed by atoms with Gasteiger partial charge in [0, 0.05) is 10.6 Å². The average Bonchev–Trinajstić information content (AvgIpc) is 2.62. The molecule has 0 bridgehead atoms. The van der Waals surface area contributed by atoms with E-state index in [9.17, 15) is 9.59 Å². The zero-order chi connectivity index (χ0) is 23.6. The molecule has 0 saturated carbocycles. The van der Waals surface area contributed by atoms with Gasteiger partial charge in [-0.2, -0.15) is 0 Å². The maximum absolute atomic E-state index is 13.0. The summed E-state index contributed by atoms with van der Waals surface area (Å²) >= 11 is 6.04. The van der Waals surface area contributed by atoms with Gasteiger partial charge in [-0.25, -0.2) is 4.79 Å². The van der Waals surface area contributed by atoms with Crippen molar-refractivity contribution in [1.82, 2.24) is 0 Å². The summed E-state index contributed by atoms with van der Waals surface area (Å²) in [6.45, 7) is 16.2. The van der Waals surface area contributed by atoms with Crippen LogP contribution < -0.4 is 4.74 Å². The minimum Gasteiger partial charge on any atom is -0.466 e. The van der Waals surface area contributed by atoms with Crippen molar-refractivity contribution in [3.05, 3.63) is 63.7 Å². The van der Waals surface area contributed by atoms with E-state index in [4.69, 9.17) is 21.1 Å². The van der Waals surface area contributed by atoms with Crippen LogP contribution in [0.15, 0.2) is 36.4 Å². The molecule has 0 N–H and O–H groups in total. The lowest BCUT2D eigenvalue weighted by molar-refractivity contribution is -0.147. The maximum Gasteiger partial charge on any atom is 0.343 e. The van der Waals surface area contributed by atoms with Crippen molar-refractivity contribution >= 4 is 23.5 Å². The first-order valence-electron chi connectivity index (χ1n) is 10.5. The second-order valence-electron chi connectivity index (χ2n) is 9.91. The van der Waals surface area contributed by atoms with Crippen molar-refractivity contribution in [1.29, 1.82) is 0 Å². The Morgan fingerprint density at radius 3 is 2.19 bits per heavy atom. The van der Waals surface area contributed by atoms with Crippen molar-refractivity contribution in [2.45, 2.75) is 66.7 Å². The van der Waals surface area contributed by atoms with Crippen molar-refractivity contribution in [2.24, 2.45) is 5.41 Å². The van der Waals surface area contributed by atoms with Crippen LogP contribution in [-0.2, 0) is 14.9 Å². The minimum atomic E-state index is -0.601. The van der Waals surface area contributed by atoms with Gasteiger partial charge in [-0.1, -0.05) is 71.3 Å². The van der Waals surface area contributed by atoms with Crippen molar-refractivity contribution in [2.75, 3.05) is 6.61 Å². The van der Waals surface area contributed by atoms with Gasteiger partial charge in [-0.3, -0.25) is 4.79 Å². The lowest BCUT2D eigenvalue weighted by atomic mass is 9.74. The molecule has 2 rings (SSSR count). The molecule has 1 unspecified atom stereocenters. The van der Waals surface area contributed by atoms with Crippen LogP contribution in [0.4, 0.5) is 0 Å². The van der Waals surface area contributed by atoms with Crippen LogP contribution >= 0.6 is 11.6 Å². The fourth-order valence-corrected chi connectivity index (χ4v) is 3.72. The molecule has 1 atom stereocenters. The van der Waals surface area contributed by atoms with Crippen LogP contribution in [-0.4, -0.2) is 18.5 Å². The van der Waals surface area contributed by atoms with Crippen molar-refractivity contribution < 1.29 is 19.1 Å². The Hall–Kier alpha value is -2.33. The number of esters is 2. The summed E-state index contributed by atoms with van der Waals surface area (Å²) in [7, 11) is 0. The van der Waals surface area contributed by atoms with Crippen LogP contribution in [0.5, 0.6) is 5.75 Å². The van der Waals surface area contributed by atoms with Gasteiger partial charge in [0.05, 0.1) is 18.1 Å². The van der Waals surface area contributed by atoms with Gasteiger partial charge >= 0.3 is 11.9 Å². The predicted molar refractivity (Wildman–Crippen MR) is 125 cm³/mol. The summed E-state index contributed by atoms with van der Waals surface area (Å²) in [6, 6.07) is 10.6. The largest absolute Gasteiger partial charge is 0.466 e. The first-order valence-corrected chi connectivity index (χ1v) is 10.9. The topological polar surface area (TPSA) is 52.6 Å². The minimum absolute atomic E-state index is 0.147. The molecule has 168 valence electrons. The van der Waals surface area contributed by atoms with E-state index in [1.807, 2.05) is 39.8 Å². The highest BCUT2D eigenvalue weighted by atomic mass is 35.5. The highest BCUT2D eigenvalue weighted by Gasteiger charge is 2.38. The first kappa shape index (κ1) is 24.9. The molecule has 0 radical (unpaired) electrons. The number of aryl methyl sites for hydroxylation is 1. The van der Waals surface area contributed by atoms with E-state index in [2.05, 4.69) is 20.8 Å². The van der Waals surface area contributed by atoms with Gasteiger partial charge < -0.3 is 9.47 Å². The monoisotopic (exact) mass is 444 g/mol. The number of benzene rings is 2. The highest BCUT2D eigenvalue weighted by molar-refractivity contribution is 6.30. The number of hydrogen-bond donors (Lipinski definition) is 0. The van der Waals surface area contributed by atoms with Gasteiger partial charge in [-0.05, 0) is 54.0 Å². The van der Waals surface area contributed by atoms with Gasteiger partial charge in [0.2, 0.25) is 0 Å². The fourth-order valence-electron chi connectivity index (χ4n) is 3.53. The van der Waals surface area contributed by atoms with Crippen LogP contribution in [0, 0.1) is 12.3 Å². The molecule has 0 aliphatic heterocycles. The van der Waals surface area contributed by atoms with E-state index in [-0.39, 0.29) is 18.0 Å². The molecule has 2 aromatic carbocycles. The van der Waals surface area contributed by atoms with E-state index in [1.54, 1.807) is 31.2 Å². The Labute approximate surface area is 190 Å². The number of halogens is 1. The van der Waals surface area contributed by atoms with E-state index in [0.717, 1.165) is 11.1 Å². The van der Waals surface area contributed by atoms with Crippen LogP contribution in [0.2, 0.25) is 5.02 Å². The van der Waals surface area contributed by atoms with Gasteiger partial charge in [-0.15, -0.1) is 0 Å². The predicted octanol–water partition coefficient (Wildman–Crippen LogP) is 6.86. The zero-order valence-electron chi connectivity index (χ0n) is 19.8. The Kier molecular flexibility index (Phi) is 7.59. The third-order valence-electron chi connectivity index (χ3n) is 5.12. The SMILES string of the molecule is CCOC(=O)C(c1cc(C(C)(C)C)cc(C)c1OC(=O)c1cccc(Cl)c1)C(C)(C)C. The number of hydrogen-bond acceptors (Lipinski definition) is 4. The molecular formula is C26H33ClO4. The summed E-state index contributed by atoms with van der Waals surface area (Å²) in [5, 5.41) is 0.452. The number of carbonyl (C=O) groups is 2. The lowest BCUT2D eigenvalue weighted by Crippen LogP contribution is -2.30. The summed E-state index contributed by atoms with van der Waals surface area (Å²) in [4.78, 5) is 26.0. The Balaban J connectivity index is 2.69. The maximum atomic E-state index is 13.0. The molecule has 4 nitrogen and oxygen atoms in total. The summed E-state index contributed by atoms with van der Waals surface area (Å²) < 4.78 is 11.3. The zero-order valence-corrected chi connectivity index (χ0v) is 20.5. The van der Waals surface area contributed by atoms with Gasteiger partial charge in [0.25, 0.3) is 0 Å². The van der Waals surface area contributed by atoms with E-state index in [1.165, 1.54) is 0 Å². The van der Waals surface area contributed by atoms with Crippen LogP contribution in [0.1, 0.15) is 81.4 Å². The molecule has 0 aliphatic carbocycles. The summed E-state index contributed by atoms with van der Waals surface area (Å²) in [5.74, 6) is -1.06. The van der Waals surface area contributed by atoms with E-state index >= 15 is 0 Å². The van der Waals surface area contributed by atoms with E-state index in [0.29, 0.717) is 21.9 Å². The molecule has 0 fully saturated rings. The van der Waals surface area contributed by atoms with Crippen LogP contribution in [0.25, 0.3) is 0 Å². The number of rotatable bonds is 5. The summed E-state index contributed by atoms with van der Waals surface area (Å²) in [5.41, 5.74) is 2.25. The molecule has 2 aromatic rings. The quantitative estimate of drug-likeness (QED) is 0.373. The smallest absolute Gasteiger partial charge is 0.343 e. The Bertz CT molecular complexity index is 964. The molecular weight excluding hydrogens is 412 g/mol. The van der Waals surface area contributed by atoms with Gasteiger partial charge in [0.1, 0.15) is 5.75 Å². The van der Waals surface area contributed by atoms with Crippen molar-refractivity contribution in [3.63, 3.8) is 0 Å². The average molecular weight is 445 g/mol. The Morgan fingerprint density at radius 2 is 1.68 bits per heavy atom. The normalized spacial score (nSPS) is 12.9. The molecule has 0 heterocycles. The number of carbonyl (C=O) groups excluding carboxylic acids is 2. The molecule has 0 spiro atoms. The highest BCUT2D eigenvalue weighted by Crippen LogP contribution is 2.44. The van der Waals surface area contributed by atoms with E-state index < -0.39 is 17.3 Å². The van der Waals surface area contributed by atoms with Crippen LogP contribution in [0.3, 0.4) is 0 Å². The second kappa shape index (κ2) is 9.44. The van der Waals surface area contributed by atoms with Gasteiger partial charge in [0.15, 0.2) is 0 Å². The molecule has 5 heteroatoms. The molecule has 31 heavy (non-hydrogen) atoms. The first-order chi connectivity index (χ1) is 14.3. The lowest BCUT2D eigenvalue weighted by Gasteiger charge is -2.32. The fraction of sp³-hybridized carbons (Fsp3) is 0.462. The molecule has 0 amide bonds.